The second-order valence-electron chi connectivity index (χ2n) is 4.50. The molecule has 1 unspecified atom stereocenters. The lowest BCUT2D eigenvalue weighted by Gasteiger charge is -2.27. The number of rotatable bonds is 3. The Morgan fingerprint density at radius 1 is 1.11 bits per heavy atom. The normalized spacial score (nSPS) is 13.8. The van der Waals surface area contributed by atoms with Crippen LogP contribution in [-0.2, 0) is 10.2 Å². The molecule has 0 amide bonds. The van der Waals surface area contributed by atoms with Crippen molar-refractivity contribution in [2.45, 2.75) is 12.3 Å². The van der Waals surface area contributed by atoms with Crippen LogP contribution in [-0.4, -0.2) is 11.1 Å². The summed E-state index contributed by atoms with van der Waals surface area (Å²) in [6.07, 6.45) is 0. The first kappa shape index (κ1) is 13.1. The van der Waals surface area contributed by atoms with Gasteiger partial charge in [-0.25, -0.2) is 4.39 Å². The van der Waals surface area contributed by atoms with E-state index in [1.807, 2.05) is 0 Å². The number of anilines is 1. The number of nitrogen functional groups attached to an aromatic ring is 1. The molecule has 2 aromatic carbocycles. The summed E-state index contributed by atoms with van der Waals surface area (Å²) in [6.45, 7) is 1.46. The summed E-state index contributed by atoms with van der Waals surface area (Å²) in [5.41, 5.74) is 5.14. The Morgan fingerprint density at radius 3 is 2.16 bits per heavy atom. The highest BCUT2D eigenvalue weighted by molar-refractivity contribution is 5.87. The predicted molar refractivity (Wildman–Crippen MR) is 71.3 cm³/mol. The SMILES string of the molecule is CC(C(=O)O)(c1ccccc1N)c1ccccc1F. The minimum absolute atomic E-state index is 0.0976. The number of aliphatic carboxylic acids is 1. The lowest BCUT2D eigenvalue weighted by Crippen LogP contribution is -2.35. The zero-order chi connectivity index (χ0) is 14.0. The van der Waals surface area contributed by atoms with Crippen LogP contribution in [0.15, 0.2) is 48.5 Å². The second-order valence-corrected chi connectivity index (χ2v) is 4.50. The molecule has 0 bridgehead atoms. The lowest BCUT2D eigenvalue weighted by atomic mass is 9.75. The van der Waals surface area contributed by atoms with Crippen molar-refractivity contribution in [3.05, 3.63) is 65.5 Å². The van der Waals surface area contributed by atoms with E-state index in [9.17, 15) is 14.3 Å². The van der Waals surface area contributed by atoms with Crippen LogP contribution >= 0.6 is 0 Å². The van der Waals surface area contributed by atoms with Gasteiger partial charge in [-0.15, -0.1) is 0 Å². The van der Waals surface area contributed by atoms with Crippen molar-refractivity contribution < 1.29 is 14.3 Å². The van der Waals surface area contributed by atoms with E-state index < -0.39 is 17.2 Å². The van der Waals surface area contributed by atoms with Crippen LogP contribution < -0.4 is 5.73 Å². The third kappa shape index (κ3) is 2.05. The van der Waals surface area contributed by atoms with Crippen LogP contribution in [0.3, 0.4) is 0 Å². The van der Waals surface area contributed by atoms with Gasteiger partial charge in [-0.3, -0.25) is 4.79 Å². The lowest BCUT2D eigenvalue weighted by molar-refractivity contribution is -0.141. The molecular formula is C15H14FNO2. The summed E-state index contributed by atoms with van der Waals surface area (Å²) in [6, 6.07) is 12.5. The van der Waals surface area contributed by atoms with E-state index in [-0.39, 0.29) is 5.56 Å². The topological polar surface area (TPSA) is 63.3 Å². The third-order valence-corrected chi connectivity index (χ3v) is 3.34. The maximum atomic E-state index is 14.0. The number of benzene rings is 2. The predicted octanol–water partition coefficient (Wildman–Crippen LogP) is 2.80. The fourth-order valence-electron chi connectivity index (χ4n) is 2.19. The van der Waals surface area contributed by atoms with Gasteiger partial charge in [0.05, 0.1) is 0 Å². The molecular weight excluding hydrogens is 245 g/mol. The standard InChI is InChI=1S/C15H14FNO2/c1-15(14(18)19,10-6-2-4-8-12(10)16)11-7-3-5-9-13(11)17/h2-9H,17H2,1H3,(H,18,19). The van der Waals surface area contributed by atoms with Crippen molar-refractivity contribution in [2.24, 2.45) is 0 Å². The average Bonchev–Trinajstić information content (AvgIpc) is 2.38. The Morgan fingerprint density at radius 2 is 1.63 bits per heavy atom. The molecule has 0 heterocycles. The molecule has 0 saturated heterocycles. The van der Waals surface area contributed by atoms with Gasteiger partial charge >= 0.3 is 5.97 Å². The van der Waals surface area contributed by atoms with E-state index in [1.54, 1.807) is 30.3 Å². The number of carbonyl (C=O) groups is 1. The van der Waals surface area contributed by atoms with E-state index in [4.69, 9.17) is 5.73 Å². The van der Waals surface area contributed by atoms with Crippen LogP contribution in [0.4, 0.5) is 10.1 Å². The van der Waals surface area contributed by atoms with Crippen LogP contribution in [0.25, 0.3) is 0 Å². The molecule has 4 heteroatoms. The molecule has 0 aromatic heterocycles. The number of halogens is 1. The molecule has 0 aliphatic rings. The Kier molecular flexibility index (Phi) is 3.25. The number of hydrogen-bond acceptors (Lipinski definition) is 2. The second kappa shape index (κ2) is 4.72. The van der Waals surface area contributed by atoms with E-state index >= 15 is 0 Å². The van der Waals surface area contributed by atoms with Gasteiger partial charge in [0.25, 0.3) is 0 Å². The Labute approximate surface area is 110 Å². The van der Waals surface area contributed by atoms with Gasteiger partial charge in [-0.2, -0.15) is 0 Å². The molecule has 2 rings (SSSR count). The van der Waals surface area contributed by atoms with Gasteiger partial charge in [-0.05, 0) is 24.6 Å². The van der Waals surface area contributed by atoms with Gasteiger partial charge in [0.2, 0.25) is 0 Å². The van der Waals surface area contributed by atoms with E-state index in [0.717, 1.165) is 0 Å². The molecule has 0 aliphatic carbocycles. The maximum Gasteiger partial charge on any atom is 0.318 e. The van der Waals surface area contributed by atoms with Crippen LogP contribution in [0.1, 0.15) is 18.1 Å². The van der Waals surface area contributed by atoms with Crippen molar-refractivity contribution in [1.29, 1.82) is 0 Å². The quantitative estimate of drug-likeness (QED) is 0.833. The molecule has 1 atom stereocenters. The number of hydrogen-bond donors (Lipinski definition) is 2. The van der Waals surface area contributed by atoms with Crippen LogP contribution in [0.2, 0.25) is 0 Å². The summed E-state index contributed by atoms with van der Waals surface area (Å²) in [5.74, 6) is -1.70. The smallest absolute Gasteiger partial charge is 0.318 e. The van der Waals surface area contributed by atoms with Crippen LogP contribution in [0, 0.1) is 5.82 Å². The van der Waals surface area contributed by atoms with Crippen molar-refractivity contribution in [2.75, 3.05) is 5.73 Å². The first-order valence-electron chi connectivity index (χ1n) is 5.81. The van der Waals surface area contributed by atoms with Crippen molar-refractivity contribution in [3.8, 4) is 0 Å². The third-order valence-electron chi connectivity index (χ3n) is 3.34. The van der Waals surface area contributed by atoms with Gasteiger partial charge in [0.15, 0.2) is 0 Å². The van der Waals surface area contributed by atoms with E-state index in [1.165, 1.54) is 25.1 Å². The highest BCUT2D eigenvalue weighted by Gasteiger charge is 2.40. The Bertz CT molecular complexity index is 580. The fourth-order valence-corrected chi connectivity index (χ4v) is 2.19. The van der Waals surface area contributed by atoms with Gasteiger partial charge < -0.3 is 10.8 Å². The highest BCUT2D eigenvalue weighted by atomic mass is 19.1. The molecule has 0 radical (unpaired) electrons. The van der Waals surface area contributed by atoms with E-state index in [0.29, 0.717) is 11.3 Å². The molecule has 0 aliphatic heterocycles. The fraction of sp³-hybridized carbons (Fsp3) is 0.133. The monoisotopic (exact) mass is 259 g/mol. The zero-order valence-electron chi connectivity index (χ0n) is 10.4. The molecule has 0 fully saturated rings. The molecule has 0 saturated carbocycles. The van der Waals surface area contributed by atoms with Crippen molar-refractivity contribution in [3.63, 3.8) is 0 Å². The number of carboxylic acids is 1. The van der Waals surface area contributed by atoms with Gasteiger partial charge in [-0.1, -0.05) is 36.4 Å². The zero-order valence-corrected chi connectivity index (χ0v) is 10.4. The largest absolute Gasteiger partial charge is 0.480 e. The van der Waals surface area contributed by atoms with Crippen molar-refractivity contribution in [1.82, 2.24) is 0 Å². The highest BCUT2D eigenvalue weighted by Crippen LogP contribution is 2.36. The Balaban J connectivity index is 2.73. The Hall–Kier alpha value is -2.36. The molecule has 2 aromatic rings. The number of carboxylic acid groups (broad SMARTS) is 1. The number of nitrogens with two attached hydrogens (primary N) is 1. The molecule has 19 heavy (non-hydrogen) atoms. The molecule has 3 nitrogen and oxygen atoms in total. The first-order chi connectivity index (χ1) is 8.98. The molecule has 0 spiro atoms. The summed E-state index contributed by atoms with van der Waals surface area (Å²) in [7, 11) is 0. The first-order valence-corrected chi connectivity index (χ1v) is 5.81. The minimum Gasteiger partial charge on any atom is -0.480 e. The average molecular weight is 259 g/mol. The van der Waals surface area contributed by atoms with Crippen LogP contribution in [0.5, 0.6) is 0 Å². The summed E-state index contributed by atoms with van der Waals surface area (Å²) in [4.78, 5) is 11.7. The number of para-hydroxylation sites is 1. The minimum atomic E-state index is -1.52. The van der Waals surface area contributed by atoms with Gasteiger partial charge in [0.1, 0.15) is 11.2 Å². The summed E-state index contributed by atoms with van der Waals surface area (Å²) >= 11 is 0. The summed E-state index contributed by atoms with van der Waals surface area (Å²) in [5, 5.41) is 9.57. The summed E-state index contributed by atoms with van der Waals surface area (Å²) < 4.78 is 14.0. The molecule has 98 valence electrons. The van der Waals surface area contributed by atoms with Gasteiger partial charge in [0, 0.05) is 11.3 Å². The molecule has 3 N–H and O–H groups in total. The van der Waals surface area contributed by atoms with E-state index in [2.05, 4.69) is 0 Å². The maximum absolute atomic E-state index is 14.0. The van der Waals surface area contributed by atoms with Crippen molar-refractivity contribution >= 4 is 11.7 Å².